The smallest absolute Gasteiger partial charge is 0.515 e. The van der Waals surface area contributed by atoms with E-state index in [1.807, 2.05) is 0 Å². The molecule has 82 valence electrons. The molecule has 0 aliphatic heterocycles. The Morgan fingerprint density at radius 2 is 1.93 bits per heavy atom. The Labute approximate surface area is 82.9 Å². The highest BCUT2D eigenvalue weighted by atomic mass is 19.4. The van der Waals surface area contributed by atoms with Crippen molar-refractivity contribution in [2.24, 2.45) is 0 Å². The Hall–Kier alpha value is -1.53. The molecule has 0 amide bonds. The molecule has 0 heterocycles. The molecule has 0 atom stereocenters. The van der Waals surface area contributed by atoms with Gasteiger partial charge in [-0.2, -0.15) is 0 Å². The minimum absolute atomic E-state index is 0.0697. The van der Waals surface area contributed by atoms with Gasteiger partial charge in [0.1, 0.15) is 17.9 Å². The van der Waals surface area contributed by atoms with Crippen LogP contribution in [0.15, 0.2) is 18.2 Å². The van der Waals surface area contributed by atoms with Crippen molar-refractivity contribution in [2.75, 3.05) is 6.51 Å². The molecule has 0 aliphatic carbocycles. The van der Waals surface area contributed by atoms with Crippen LogP contribution in [0.1, 0.15) is 10.4 Å². The molecule has 0 saturated heterocycles. The predicted molar refractivity (Wildman–Crippen MR) is 46.4 cm³/mol. The van der Waals surface area contributed by atoms with Crippen molar-refractivity contribution < 1.29 is 26.9 Å². The van der Waals surface area contributed by atoms with E-state index in [9.17, 15) is 22.1 Å². The summed E-state index contributed by atoms with van der Waals surface area (Å²) in [6.07, 6.45) is 0.328. The first kappa shape index (κ1) is 11.5. The van der Waals surface area contributed by atoms with Crippen molar-refractivity contribution in [2.45, 2.75) is 0 Å². The van der Waals surface area contributed by atoms with Crippen LogP contribution in [0.4, 0.5) is 17.3 Å². The summed E-state index contributed by atoms with van der Waals surface area (Å²) in [6, 6.07) is 2.73. The molecule has 1 aromatic carbocycles. The SMILES string of the molecule is O=Cc1cc(F)cc(OC[B-](F)(F)F)c1. The fourth-order valence-electron chi connectivity index (χ4n) is 0.926. The second-order valence-corrected chi connectivity index (χ2v) is 2.86. The van der Waals surface area contributed by atoms with Crippen LogP contribution in [0, 0.1) is 5.82 Å². The molecule has 1 rings (SSSR count). The van der Waals surface area contributed by atoms with Crippen molar-refractivity contribution in [1.29, 1.82) is 0 Å². The molecule has 0 bridgehead atoms. The molecule has 15 heavy (non-hydrogen) atoms. The number of carbonyl (C=O) groups is 1. The van der Waals surface area contributed by atoms with E-state index >= 15 is 0 Å². The summed E-state index contributed by atoms with van der Waals surface area (Å²) in [6.45, 7) is -6.55. The average molecular weight is 221 g/mol. The summed E-state index contributed by atoms with van der Waals surface area (Å²) >= 11 is 0. The van der Waals surface area contributed by atoms with Gasteiger partial charge in [0.05, 0.1) is 6.51 Å². The van der Waals surface area contributed by atoms with E-state index in [0.717, 1.165) is 18.2 Å². The zero-order chi connectivity index (χ0) is 11.5. The van der Waals surface area contributed by atoms with Crippen molar-refractivity contribution in [1.82, 2.24) is 0 Å². The second-order valence-electron chi connectivity index (χ2n) is 2.86. The summed E-state index contributed by atoms with van der Waals surface area (Å²) in [5.74, 6) is -1.12. The number of benzene rings is 1. The highest BCUT2D eigenvalue weighted by molar-refractivity contribution is 6.58. The average Bonchev–Trinajstić information content (AvgIpc) is 2.13. The number of rotatable bonds is 4. The maximum absolute atomic E-state index is 12.7. The predicted octanol–water partition coefficient (Wildman–Crippen LogP) is 2.40. The van der Waals surface area contributed by atoms with Crippen LogP contribution >= 0.6 is 0 Å². The van der Waals surface area contributed by atoms with Gasteiger partial charge >= 0.3 is 6.98 Å². The third-order valence-electron chi connectivity index (χ3n) is 1.47. The third kappa shape index (κ3) is 4.01. The highest BCUT2D eigenvalue weighted by Crippen LogP contribution is 2.17. The lowest BCUT2D eigenvalue weighted by molar-refractivity contribution is 0.112. The Morgan fingerprint density at radius 3 is 2.47 bits per heavy atom. The number of ether oxygens (including phenoxy) is 1. The summed E-state index contributed by atoms with van der Waals surface area (Å²) in [4.78, 5) is 10.3. The van der Waals surface area contributed by atoms with Crippen LogP contribution in [-0.4, -0.2) is 19.8 Å². The fourth-order valence-corrected chi connectivity index (χ4v) is 0.926. The van der Waals surface area contributed by atoms with Crippen molar-refractivity contribution in [3.05, 3.63) is 29.6 Å². The fraction of sp³-hybridized carbons (Fsp3) is 0.125. The number of aldehydes is 1. The van der Waals surface area contributed by atoms with Gasteiger partial charge in [0.2, 0.25) is 0 Å². The van der Waals surface area contributed by atoms with E-state index in [1.54, 1.807) is 0 Å². The van der Waals surface area contributed by atoms with E-state index < -0.39 is 19.3 Å². The highest BCUT2D eigenvalue weighted by Gasteiger charge is 2.24. The van der Waals surface area contributed by atoms with Gasteiger partial charge in [-0.1, -0.05) is 0 Å². The molecule has 0 N–H and O–H groups in total. The maximum atomic E-state index is 12.7. The molecule has 0 aromatic heterocycles. The first-order chi connectivity index (χ1) is 6.90. The molecule has 0 fully saturated rings. The molecule has 0 spiro atoms. The zero-order valence-electron chi connectivity index (χ0n) is 7.42. The van der Waals surface area contributed by atoms with Crippen LogP contribution in [0.2, 0.25) is 0 Å². The van der Waals surface area contributed by atoms with Gasteiger partial charge in [-0.25, -0.2) is 4.39 Å². The van der Waals surface area contributed by atoms with E-state index in [1.165, 1.54) is 0 Å². The van der Waals surface area contributed by atoms with Crippen molar-refractivity contribution in [3.63, 3.8) is 0 Å². The van der Waals surface area contributed by atoms with E-state index in [0.29, 0.717) is 6.29 Å². The summed E-state index contributed by atoms with van der Waals surface area (Å²) in [7, 11) is 0. The zero-order valence-corrected chi connectivity index (χ0v) is 7.42. The van der Waals surface area contributed by atoms with Crippen LogP contribution in [0.25, 0.3) is 0 Å². The second kappa shape index (κ2) is 4.33. The van der Waals surface area contributed by atoms with Crippen LogP contribution in [0.3, 0.4) is 0 Å². The molecule has 0 unspecified atom stereocenters. The lowest BCUT2D eigenvalue weighted by Gasteiger charge is -2.15. The molecule has 0 saturated carbocycles. The number of hydrogen-bond acceptors (Lipinski definition) is 2. The van der Waals surface area contributed by atoms with Gasteiger partial charge in [0.15, 0.2) is 0 Å². The maximum Gasteiger partial charge on any atom is 0.515 e. The number of hydrogen-bond donors (Lipinski definition) is 0. The minimum Gasteiger partial charge on any atom is -0.522 e. The normalized spacial score (nSPS) is 11.2. The standard InChI is InChI=1S/C8H6BF4O2/c10-7-1-6(4-14)2-8(3-7)15-5-9(11,12)13/h1-4H,5H2/q-1. The minimum atomic E-state index is -5.09. The van der Waals surface area contributed by atoms with Gasteiger partial charge in [-0.3, -0.25) is 4.79 Å². The van der Waals surface area contributed by atoms with Crippen molar-refractivity contribution >= 4 is 13.3 Å². The molecular weight excluding hydrogens is 215 g/mol. The van der Waals surface area contributed by atoms with Crippen LogP contribution in [-0.2, 0) is 0 Å². The quantitative estimate of drug-likeness (QED) is 0.443. The van der Waals surface area contributed by atoms with E-state index in [2.05, 4.69) is 4.74 Å². The van der Waals surface area contributed by atoms with E-state index in [4.69, 9.17) is 0 Å². The molecule has 7 heteroatoms. The Kier molecular flexibility index (Phi) is 3.33. The van der Waals surface area contributed by atoms with E-state index in [-0.39, 0.29) is 11.3 Å². The van der Waals surface area contributed by atoms with Gasteiger partial charge in [-0.15, -0.1) is 0 Å². The Morgan fingerprint density at radius 1 is 1.27 bits per heavy atom. The summed E-state index contributed by atoms with van der Waals surface area (Å²) in [5, 5.41) is 0. The summed E-state index contributed by atoms with van der Waals surface area (Å²) in [5.41, 5.74) is -0.0697. The first-order valence-electron chi connectivity index (χ1n) is 4.00. The largest absolute Gasteiger partial charge is 0.522 e. The monoisotopic (exact) mass is 221 g/mol. The third-order valence-corrected chi connectivity index (χ3v) is 1.47. The van der Waals surface area contributed by atoms with Gasteiger partial charge in [0, 0.05) is 11.6 Å². The van der Waals surface area contributed by atoms with Crippen LogP contribution < -0.4 is 4.74 Å². The van der Waals surface area contributed by atoms with Gasteiger partial charge < -0.3 is 17.7 Å². The molecule has 2 nitrogen and oxygen atoms in total. The van der Waals surface area contributed by atoms with Crippen molar-refractivity contribution in [3.8, 4) is 5.75 Å². The Bertz CT molecular complexity index is 364. The lowest BCUT2D eigenvalue weighted by Crippen LogP contribution is -2.26. The van der Waals surface area contributed by atoms with Crippen LogP contribution in [0.5, 0.6) is 5.75 Å². The van der Waals surface area contributed by atoms with Gasteiger partial charge in [-0.05, 0) is 12.1 Å². The molecule has 1 aromatic rings. The van der Waals surface area contributed by atoms with Gasteiger partial charge in [0.25, 0.3) is 0 Å². The topological polar surface area (TPSA) is 26.3 Å². The number of halogens is 4. The molecule has 0 aliphatic rings. The number of carbonyl (C=O) groups excluding carboxylic acids is 1. The first-order valence-corrected chi connectivity index (χ1v) is 4.00. The molecule has 0 radical (unpaired) electrons. The lowest BCUT2D eigenvalue weighted by atomic mass is 9.95. The molecular formula is C8H6BF4O2-. The Balaban J connectivity index is 2.77. The summed E-state index contributed by atoms with van der Waals surface area (Å²) < 4.78 is 52.4.